The molecule has 0 bridgehead atoms. The zero-order valence-corrected chi connectivity index (χ0v) is 12.8. The van der Waals surface area contributed by atoms with Gasteiger partial charge in [-0.1, -0.05) is 37.0 Å². The number of hydrogen-bond donors (Lipinski definition) is 1. The second-order valence-corrected chi connectivity index (χ2v) is 6.63. The smallest absolute Gasteiger partial charge is 0.0401 e. The molecule has 0 saturated heterocycles. The number of benzene rings is 1. The summed E-state index contributed by atoms with van der Waals surface area (Å²) in [6, 6.07) is 7.67. The van der Waals surface area contributed by atoms with Gasteiger partial charge in [-0.25, -0.2) is 0 Å². The Kier molecular flexibility index (Phi) is 4.30. The Morgan fingerprint density at radius 1 is 1.15 bits per heavy atom. The Morgan fingerprint density at radius 3 is 2.85 bits per heavy atom. The molecule has 20 heavy (non-hydrogen) atoms. The van der Waals surface area contributed by atoms with Crippen molar-refractivity contribution in [1.29, 1.82) is 0 Å². The van der Waals surface area contributed by atoms with E-state index in [-0.39, 0.29) is 0 Å². The maximum Gasteiger partial charge on any atom is 0.0401 e. The largest absolute Gasteiger partial charge is 0.368 e. The molecule has 3 rings (SSSR count). The van der Waals surface area contributed by atoms with Crippen LogP contribution in [0.15, 0.2) is 18.2 Å². The van der Waals surface area contributed by atoms with Crippen molar-refractivity contribution >= 4 is 5.69 Å². The van der Waals surface area contributed by atoms with Crippen molar-refractivity contribution in [3.8, 4) is 0 Å². The molecule has 0 radical (unpaired) electrons. The van der Waals surface area contributed by atoms with E-state index in [1.54, 1.807) is 5.56 Å². The Bertz CT molecular complexity index is 455. The SMILES string of the molecule is Cc1ccc2c(c1)CCCN2C1CCCCCC1CN. The van der Waals surface area contributed by atoms with Crippen molar-refractivity contribution in [3.63, 3.8) is 0 Å². The molecule has 0 spiro atoms. The fraction of sp³-hybridized carbons (Fsp3) is 0.667. The van der Waals surface area contributed by atoms with Gasteiger partial charge in [0.2, 0.25) is 0 Å². The normalized spacial score (nSPS) is 27.0. The highest BCUT2D eigenvalue weighted by Gasteiger charge is 2.30. The highest BCUT2D eigenvalue weighted by molar-refractivity contribution is 5.57. The summed E-state index contributed by atoms with van der Waals surface area (Å²) in [7, 11) is 0. The third-order valence-corrected chi connectivity index (χ3v) is 5.21. The minimum atomic E-state index is 0.671. The first-order chi connectivity index (χ1) is 9.79. The van der Waals surface area contributed by atoms with E-state index >= 15 is 0 Å². The number of anilines is 1. The van der Waals surface area contributed by atoms with Crippen LogP contribution in [0.3, 0.4) is 0 Å². The predicted molar refractivity (Wildman–Crippen MR) is 86.3 cm³/mol. The molecule has 2 heteroatoms. The first-order valence-electron chi connectivity index (χ1n) is 8.36. The number of hydrogen-bond acceptors (Lipinski definition) is 2. The maximum absolute atomic E-state index is 6.09. The van der Waals surface area contributed by atoms with Gasteiger partial charge in [0.05, 0.1) is 0 Å². The lowest BCUT2D eigenvalue weighted by atomic mass is 9.90. The lowest BCUT2D eigenvalue weighted by Crippen LogP contribution is -2.45. The molecule has 2 atom stereocenters. The minimum absolute atomic E-state index is 0.671. The molecule has 1 aromatic carbocycles. The monoisotopic (exact) mass is 272 g/mol. The number of nitrogens with zero attached hydrogens (tertiary/aromatic N) is 1. The van der Waals surface area contributed by atoms with Gasteiger partial charge < -0.3 is 10.6 Å². The fourth-order valence-electron chi connectivity index (χ4n) is 4.15. The molecule has 2 N–H and O–H groups in total. The summed E-state index contributed by atoms with van der Waals surface area (Å²) in [4.78, 5) is 2.70. The summed E-state index contributed by atoms with van der Waals surface area (Å²) in [6.45, 7) is 4.27. The van der Waals surface area contributed by atoms with E-state index in [1.165, 1.54) is 62.7 Å². The highest BCUT2D eigenvalue weighted by atomic mass is 15.2. The van der Waals surface area contributed by atoms with E-state index < -0.39 is 0 Å². The van der Waals surface area contributed by atoms with Gasteiger partial charge in [0, 0.05) is 18.3 Å². The Labute approximate surface area is 123 Å². The molecule has 110 valence electrons. The van der Waals surface area contributed by atoms with Crippen molar-refractivity contribution < 1.29 is 0 Å². The second-order valence-electron chi connectivity index (χ2n) is 6.63. The van der Waals surface area contributed by atoms with Gasteiger partial charge in [-0.05, 0) is 56.7 Å². The lowest BCUT2D eigenvalue weighted by molar-refractivity contribution is 0.375. The number of fused-ring (bicyclic) bond motifs is 1. The molecule has 2 nitrogen and oxygen atoms in total. The van der Waals surface area contributed by atoms with E-state index in [0.29, 0.717) is 12.0 Å². The fourth-order valence-corrected chi connectivity index (χ4v) is 4.15. The third kappa shape index (κ3) is 2.71. The van der Waals surface area contributed by atoms with Gasteiger partial charge in [0.15, 0.2) is 0 Å². The van der Waals surface area contributed by atoms with Gasteiger partial charge >= 0.3 is 0 Å². The molecule has 1 aliphatic heterocycles. The van der Waals surface area contributed by atoms with Crippen LogP contribution in [-0.4, -0.2) is 19.1 Å². The number of rotatable bonds is 2. The van der Waals surface area contributed by atoms with Crippen LogP contribution in [-0.2, 0) is 6.42 Å². The van der Waals surface area contributed by atoms with E-state index in [9.17, 15) is 0 Å². The van der Waals surface area contributed by atoms with Gasteiger partial charge in [-0.3, -0.25) is 0 Å². The molecule has 1 fully saturated rings. The van der Waals surface area contributed by atoms with Crippen LogP contribution in [0.1, 0.15) is 49.7 Å². The van der Waals surface area contributed by atoms with Gasteiger partial charge in [0.25, 0.3) is 0 Å². The van der Waals surface area contributed by atoms with E-state index in [1.807, 2.05) is 0 Å². The topological polar surface area (TPSA) is 29.3 Å². The van der Waals surface area contributed by atoms with Crippen LogP contribution in [0.2, 0.25) is 0 Å². The molecular formula is C18H28N2. The average molecular weight is 272 g/mol. The Balaban J connectivity index is 1.90. The standard InChI is InChI=1S/C18H28N2/c1-14-9-10-18-15(12-14)7-5-11-20(18)17-8-4-2-3-6-16(17)13-19/h9-10,12,16-17H,2-8,11,13,19H2,1H3. The van der Waals surface area contributed by atoms with E-state index in [2.05, 4.69) is 30.0 Å². The van der Waals surface area contributed by atoms with Crippen LogP contribution in [0.4, 0.5) is 5.69 Å². The van der Waals surface area contributed by atoms with Crippen LogP contribution in [0.25, 0.3) is 0 Å². The van der Waals surface area contributed by atoms with Crippen molar-refractivity contribution in [2.45, 2.75) is 57.9 Å². The van der Waals surface area contributed by atoms with Crippen molar-refractivity contribution in [2.75, 3.05) is 18.0 Å². The first kappa shape index (κ1) is 13.9. The van der Waals surface area contributed by atoms with Crippen LogP contribution >= 0.6 is 0 Å². The molecule has 1 heterocycles. The molecule has 0 aromatic heterocycles. The predicted octanol–water partition coefficient (Wildman–Crippen LogP) is 3.66. The Hall–Kier alpha value is -1.02. The Morgan fingerprint density at radius 2 is 2.00 bits per heavy atom. The van der Waals surface area contributed by atoms with Crippen molar-refractivity contribution in [2.24, 2.45) is 11.7 Å². The van der Waals surface area contributed by atoms with Gasteiger partial charge in [-0.15, -0.1) is 0 Å². The molecule has 1 aliphatic carbocycles. The molecule has 1 saturated carbocycles. The van der Waals surface area contributed by atoms with E-state index in [4.69, 9.17) is 5.73 Å². The van der Waals surface area contributed by atoms with Crippen LogP contribution in [0, 0.1) is 12.8 Å². The minimum Gasteiger partial charge on any atom is -0.368 e. The van der Waals surface area contributed by atoms with E-state index in [0.717, 1.165) is 6.54 Å². The lowest BCUT2D eigenvalue weighted by Gasteiger charge is -2.41. The average Bonchev–Trinajstić information content (AvgIpc) is 2.71. The highest BCUT2D eigenvalue weighted by Crippen LogP contribution is 2.35. The summed E-state index contributed by atoms with van der Waals surface area (Å²) < 4.78 is 0. The second kappa shape index (κ2) is 6.17. The molecule has 2 aliphatic rings. The van der Waals surface area contributed by atoms with Gasteiger partial charge in [-0.2, -0.15) is 0 Å². The van der Waals surface area contributed by atoms with Crippen LogP contribution in [0.5, 0.6) is 0 Å². The van der Waals surface area contributed by atoms with Crippen molar-refractivity contribution in [1.82, 2.24) is 0 Å². The van der Waals surface area contributed by atoms with Crippen LogP contribution < -0.4 is 10.6 Å². The summed E-state index contributed by atoms with van der Waals surface area (Å²) in [5, 5.41) is 0. The molecule has 0 amide bonds. The summed E-state index contributed by atoms with van der Waals surface area (Å²) in [5.74, 6) is 0.685. The maximum atomic E-state index is 6.09. The molecule has 1 aromatic rings. The van der Waals surface area contributed by atoms with Gasteiger partial charge in [0.1, 0.15) is 0 Å². The zero-order valence-electron chi connectivity index (χ0n) is 12.8. The quantitative estimate of drug-likeness (QED) is 0.833. The van der Waals surface area contributed by atoms with Crippen molar-refractivity contribution in [3.05, 3.63) is 29.3 Å². The molecular weight excluding hydrogens is 244 g/mol. The summed E-state index contributed by atoms with van der Waals surface area (Å²) in [6.07, 6.45) is 9.32. The number of nitrogens with two attached hydrogens (primary N) is 1. The molecule has 2 unspecified atom stereocenters. The summed E-state index contributed by atoms with van der Waals surface area (Å²) >= 11 is 0. The third-order valence-electron chi connectivity index (χ3n) is 5.21. The zero-order chi connectivity index (χ0) is 13.9. The first-order valence-corrected chi connectivity index (χ1v) is 8.36. The number of aryl methyl sites for hydroxylation is 2. The summed E-state index contributed by atoms with van der Waals surface area (Å²) in [5.41, 5.74) is 10.5.